The standard InChI is InChI=1S/C9H8N2/c1-2-6-10-9(5-1)11-7-3-4-8-11/h1-8H. The van der Waals surface area contributed by atoms with Crippen LogP contribution in [0.4, 0.5) is 0 Å². The van der Waals surface area contributed by atoms with Crippen LogP contribution in [0.2, 0.25) is 0 Å². The Hall–Kier alpha value is -1.57. The Bertz CT molecular complexity index is 311. The molecule has 2 rings (SSSR count). The van der Waals surface area contributed by atoms with Crippen molar-refractivity contribution in [3.05, 3.63) is 48.9 Å². The van der Waals surface area contributed by atoms with Crippen LogP contribution >= 0.6 is 0 Å². The molecule has 0 spiro atoms. The lowest BCUT2D eigenvalue weighted by molar-refractivity contribution is 1.01. The summed E-state index contributed by atoms with van der Waals surface area (Å²) in [4.78, 5) is 4.18. The van der Waals surface area contributed by atoms with Crippen molar-refractivity contribution in [1.82, 2.24) is 9.55 Å². The minimum atomic E-state index is 0.956. The summed E-state index contributed by atoms with van der Waals surface area (Å²) in [6.07, 6.45) is 5.74. The molecular weight excluding hydrogens is 136 g/mol. The molecule has 0 radical (unpaired) electrons. The molecule has 0 bridgehead atoms. The number of aromatic nitrogens is 2. The van der Waals surface area contributed by atoms with Gasteiger partial charge in [0.25, 0.3) is 0 Å². The summed E-state index contributed by atoms with van der Waals surface area (Å²) >= 11 is 0. The number of hydrogen-bond acceptors (Lipinski definition) is 1. The molecule has 2 heterocycles. The summed E-state index contributed by atoms with van der Waals surface area (Å²) in [7, 11) is 0. The SMILES string of the molecule is c1ccc(-n2cccc2)nc1. The average molecular weight is 144 g/mol. The third-order valence-corrected chi connectivity index (χ3v) is 1.52. The molecule has 0 unspecified atom stereocenters. The molecule has 0 atom stereocenters. The fourth-order valence-electron chi connectivity index (χ4n) is 0.994. The van der Waals surface area contributed by atoms with Crippen LogP contribution in [-0.2, 0) is 0 Å². The van der Waals surface area contributed by atoms with E-state index < -0.39 is 0 Å². The van der Waals surface area contributed by atoms with Gasteiger partial charge in [0.1, 0.15) is 5.82 Å². The smallest absolute Gasteiger partial charge is 0.136 e. The van der Waals surface area contributed by atoms with E-state index in [1.54, 1.807) is 6.20 Å². The Labute approximate surface area is 65.1 Å². The minimum absolute atomic E-state index is 0.956. The van der Waals surface area contributed by atoms with E-state index in [9.17, 15) is 0 Å². The normalized spacial score (nSPS) is 9.82. The first kappa shape index (κ1) is 6.16. The van der Waals surface area contributed by atoms with Gasteiger partial charge >= 0.3 is 0 Å². The summed E-state index contributed by atoms with van der Waals surface area (Å²) in [6, 6.07) is 9.82. The van der Waals surface area contributed by atoms with Gasteiger partial charge in [-0.15, -0.1) is 0 Å². The van der Waals surface area contributed by atoms with Crippen LogP contribution in [0.15, 0.2) is 48.9 Å². The van der Waals surface area contributed by atoms with Crippen molar-refractivity contribution in [1.29, 1.82) is 0 Å². The molecule has 0 aromatic carbocycles. The largest absolute Gasteiger partial charge is 0.309 e. The molecule has 2 aromatic heterocycles. The highest BCUT2D eigenvalue weighted by Crippen LogP contribution is 2.01. The minimum Gasteiger partial charge on any atom is -0.309 e. The van der Waals surface area contributed by atoms with E-state index in [2.05, 4.69) is 4.98 Å². The van der Waals surface area contributed by atoms with E-state index in [1.807, 2.05) is 47.3 Å². The Morgan fingerprint density at radius 1 is 1.00 bits per heavy atom. The molecule has 54 valence electrons. The van der Waals surface area contributed by atoms with E-state index in [1.165, 1.54) is 0 Å². The van der Waals surface area contributed by atoms with E-state index in [0.29, 0.717) is 0 Å². The van der Waals surface area contributed by atoms with Crippen molar-refractivity contribution in [2.45, 2.75) is 0 Å². The number of hydrogen-bond donors (Lipinski definition) is 0. The lowest BCUT2D eigenvalue weighted by Gasteiger charge is -1.98. The summed E-state index contributed by atoms with van der Waals surface area (Å²) in [5.74, 6) is 0.956. The third-order valence-electron chi connectivity index (χ3n) is 1.52. The van der Waals surface area contributed by atoms with Crippen LogP contribution in [0, 0.1) is 0 Å². The van der Waals surface area contributed by atoms with Crippen LogP contribution in [0.1, 0.15) is 0 Å². The number of pyridine rings is 1. The first-order valence-electron chi connectivity index (χ1n) is 3.51. The van der Waals surface area contributed by atoms with Gasteiger partial charge in [-0.25, -0.2) is 4.98 Å². The molecular formula is C9H8N2. The maximum Gasteiger partial charge on any atom is 0.136 e. The summed E-state index contributed by atoms with van der Waals surface area (Å²) < 4.78 is 1.97. The zero-order valence-corrected chi connectivity index (χ0v) is 6.01. The molecule has 0 saturated carbocycles. The fraction of sp³-hybridized carbons (Fsp3) is 0. The van der Waals surface area contributed by atoms with Crippen molar-refractivity contribution in [2.75, 3.05) is 0 Å². The lowest BCUT2D eigenvalue weighted by atomic mass is 10.5. The fourth-order valence-corrected chi connectivity index (χ4v) is 0.994. The molecule has 2 aromatic rings. The second-order valence-corrected chi connectivity index (χ2v) is 2.28. The molecule has 0 saturated heterocycles. The van der Waals surface area contributed by atoms with Crippen molar-refractivity contribution < 1.29 is 0 Å². The van der Waals surface area contributed by atoms with Crippen LogP contribution in [0.3, 0.4) is 0 Å². The molecule has 2 nitrogen and oxygen atoms in total. The second kappa shape index (κ2) is 2.58. The second-order valence-electron chi connectivity index (χ2n) is 2.28. The van der Waals surface area contributed by atoms with Gasteiger partial charge in [-0.1, -0.05) is 6.07 Å². The molecule has 0 amide bonds. The first-order chi connectivity index (χ1) is 5.47. The predicted molar refractivity (Wildman–Crippen MR) is 43.6 cm³/mol. The highest BCUT2D eigenvalue weighted by atomic mass is 15.0. The molecule has 0 aliphatic rings. The Kier molecular flexibility index (Phi) is 1.44. The number of nitrogens with zero attached hydrogens (tertiary/aromatic N) is 2. The van der Waals surface area contributed by atoms with E-state index in [0.717, 1.165) is 5.82 Å². The van der Waals surface area contributed by atoms with Crippen molar-refractivity contribution in [3.63, 3.8) is 0 Å². The van der Waals surface area contributed by atoms with Gasteiger partial charge in [-0.3, -0.25) is 0 Å². The van der Waals surface area contributed by atoms with Crippen molar-refractivity contribution in [2.24, 2.45) is 0 Å². The zero-order valence-electron chi connectivity index (χ0n) is 6.01. The maximum atomic E-state index is 4.18. The van der Waals surface area contributed by atoms with Gasteiger partial charge in [-0.2, -0.15) is 0 Å². The van der Waals surface area contributed by atoms with Gasteiger partial charge in [0, 0.05) is 18.6 Å². The van der Waals surface area contributed by atoms with Crippen LogP contribution < -0.4 is 0 Å². The Morgan fingerprint density at radius 3 is 2.45 bits per heavy atom. The molecule has 0 aliphatic heterocycles. The van der Waals surface area contributed by atoms with Gasteiger partial charge in [0.2, 0.25) is 0 Å². The van der Waals surface area contributed by atoms with Crippen molar-refractivity contribution in [3.8, 4) is 5.82 Å². The molecule has 2 heteroatoms. The molecule has 11 heavy (non-hydrogen) atoms. The highest BCUT2D eigenvalue weighted by Gasteiger charge is 1.90. The molecule has 0 N–H and O–H groups in total. The van der Waals surface area contributed by atoms with Gasteiger partial charge in [0.05, 0.1) is 0 Å². The first-order valence-corrected chi connectivity index (χ1v) is 3.51. The van der Waals surface area contributed by atoms with Gasteiger partial charge in [0.15, 0.2) is 0 Å². The van der Waals surface area contributed by atoms with E-state index in [-0.39, 0.29) is 0 Å². The topological polar surface area (TPSA) is 17.8 Å². The third kappa shape index (κ3) is 1.15. The van der Waals surface area contributed by atoms with Gasteiger partial charge in [-0.05, 0) is 24.3 Å². The Balaban J connectivity index is 2.46. The monoisotopic (exact) mass is 144 g/mol. The van der Waals surface area contributed by atoms with Crippen molar-refractivity contribution >= 4 is 0 Å². The van der Waals surface area contributed by atoms with E-state index in [4.69, 9.17) is 0 Å². The lowest BCUT2D eigenvalue weighted by Crippen LogP contribution is -1.91. The highest BCUT2D eigenvalue weighted by molar-refractivity contribution is 5.22. The molecule has 0 aliphatic carbocycles. The summed E-state index contributed by atoms with van der Waals surface area (Å²) in [5, 5.41) is 0. The average Bonchev–Trinajstić information content (AvgIpc) is 2.58. The maximum absolute atomic E-state index is 4.18. The quantitative estimate of drug-likeness (QED) is 0.597. The van der Waals surface area contributed by atoms with Crippen LogP contribution in [0.5, 0.6) is 0 Å². The number of rotatable bonds is 1. The van der Waals surface area contributed by atoms with Crippen LogP contribution in [-0.4, -0.2) is 9.55 Å². The van der Waals surface area contributed by atoms with E-state index >= 15 is 0 Å². The predicted octanol–water partition coefficient (Wildman–Crippen LogP) is 1.87. The summed E-state index contributed by atoms with van der Waals surface area (Å²) in [6.45, 7) is 0. The Morgan fingerprint density at radius 2 is 1.82 bits per heavy atom. The summed E-state index contributed by atoms with van der Waals surface area (Å²) in [5.41, 5.74) is 0. The zero-order chi connectivity index (χ0) is 7.52. The molecule has 0 fully saturated rings. The van der Waals surface area contributed by atoms with Crippen LogP contribution in [0.25, 0.3) is 5.82 Å². The van der Waals surface area contributed by atoms with Gasteiger partial charge < -0.3 is 4.57 Å².